The molecule has 0 amide bonds. The highest BCUT2D eigenvalue weighted by Crippen LogP contribution is 2.33. The second-order valence-corrected chi connectivity index (χ2v) is 3.93. The predicted octanol–water partition coefficient (Wildman–Crippen LogP) is 1.27. The molecule has 0 aromatic heterocycles. The molecule has 3 rings (SSSR count). The molecule has 0 radical (unpaired) electrons. The van der Waals surface area contributed by atoms with Crippen LogP contribution in [-0.4, -0.2) is 18.4 Å². The third-order valence-electron chi connectivity index (χ3n) is 3.11. The van der Waals surface area contributed by atoms with Crippen LogP contribution in [0.15, 0.2) is 12.2 Å². The molecule has 1 aliphatic carbocycles. The maximum Gasteiger partial charge on any atom is 0.137 e. The lowest BCUT2D eigenvalue weighted by atomic mass is 9.85. The molecule has 12 heavy (non-hydrogen) atoms. The van der Waals surface area contributed by atoms with E-state index in [-0.39, 0.29) is 6.04 Å². The summed E-state index contributed by atoms with van der Waals surface area (Å²) in [7, 11) is 0. The molecule has 0 spiro atoms. The lowest BCUT2D eigenvalue weighted by Gasteiger charge is -2.32. The second-order valence-electron chi connectivity index (χ2n) is 3.93. The Labute approximate surface area is 73.0 Å². The minimum absolute atomic E-state index is 0.0544. The number of hydrogen-bond donors (Lipinski definition) is 1. The van der Waals surface area contributed by atoms with Crippen LogP contribution in [0, 0.1) is 5.92 Å². The van der Waals surface area contributed by atoms with Crippen LogP contribution in [0.5, 0.6) is 0 Å². The van der Waals surface area contributed by atoms with Gasteiger partial charge in [0.25, 0.3) is 0 Å². The van der Waals surface area contributed by atoms with Gasteiger partial charge < -0.3 is 10.1 Å². The second kappa shape index (κ2) is 3.02. The molecule has 2 heterocycles. The zero-order valence-corrected chi connectivity index (χ0v) is 7.25. The Morgan fingerprint density at radius 2 is 2.33 bits per heavy atom. The lowest BCUT2D eigenvalue weighted by molar-refractivity contribution is -0.110. The summed E-state index contributed by atoms with van der Waals surface area (Å²) in [5.41, 5.74) is 1.29. The van der Waals surface area contributed by atoms with Crippen molar-refractivity contribution in [2.45, 2.75) is 37.8 Å². The van der Waals surface area contributed by atoms with Crippen LogP contribution in [0.2, 0.25) is 0 Å². The van der Waals surface area contributed by atoms with Crippen LogP contribution in [0.1, 0.15) is 25.7 Å². The van der Waals surface area contributed by atoms with Crippen molar-refractivity contribution >= 4 is 6.29 Å². The van der Waals surface area contributed by atoms with Crippen LogP contribution < -0.4 is 5.32 Å². The zero-order chi connectivity index (χ0) is 8.55. The fourth-order valence-electron chi connectivity index (χ4n) is 2.46. The summed E-state index contributed by atoms with van der Waals surface area (Å²) in [5, 5.41) is 3.37. The van der Waals surface area contributed by atoms with E-state index in [4.69, 9.17) is 0 Å². The number of nitrogens with one attached hydrogen (secondary N) is 1. The average molecular weight is 165 g/mol. The summed E-state index contributed by atoms with van der Waals surface area (Å²) < 4.78 is 0. The standard InChI is InChI=1S/C10H15NO/c1-7-5-8-3-2-4-9(7)10(6-12)11-8/h6,8-11H,1-5H2. The first-order chi connectivity index (χ1) is 5.81. The van der Waals surface area contributed by atoms with Crippen molar-refractivity contribution in [3.63, 3.8) is 0 Å². The molecule has 2 saturated heterocycles. The SMILES string of the molecule is C=C1CC2CCCC1C(C=O)N2. The molecule has 1 N–H and O–H groups in total. The topological polar surface area (TPSA) is 29.1 Å². The monoisotopic (exact) mass is 165 g/mol. The molecule has 1 saturated carbocycles. The average Bonchev–Trinajstić information content (AvgIpc) is 2.35. The fourth-order valence-corrected chi connectivity index (χ4v) is 2.46. The van der Waals surface area contributed by atoms with E-state index in [0.717, 1.165) is 19.1 Å². The first-order valence-corrected chi connectivity index (χ1v) is 4.70. The fraction of sp³-hybridized carbons (Fsp3) is 0.700. The zero-order valence-electron chi connectivity index (χ0n) is 7.25. The molecule has 3 atom stereocenters. The summed E-state index contributed by atoms with van der Waals surface area (Å²) in [6.07, 6.45) is 5.72. The van der Waals surface area contributed by atoms with E-state index in [1.54, 1.807) is 0 Å². The summed E-state index contributed by atoms with van der Waals surface area (Å²) in [6, 6.07) is 0.574. The van der Waals surface area contributed by atoms with Gasteiger partial charge in [0.1, 0.15) is 6.29 Å². The molecule has 66 valence electrons. The summed E-state index contributed by atoms with van der Waals surface area (Å²) >= 11 is 0. The third-order valence-corrected chi connectivity index (χ3v) is 3.11. The van der Waals surface area contributed by atoms with Gasteiger partial charge in [-0.3, -0.25) is 0 Å². The molecule has 3 fully saturated rings. The van der Waals surface area contributed by atoms with Gasteiger partial charge in [0.05, 0.1) is 6.04 Å². The first kappa shape index (κ1) is 7.99. The number of piperidine rings is 1. The number of aldehydes is 1. The van der Waals surface area contributed by atoms with Crippen LogP contribution in [0.25, 0.3) is 0 Å². The highest BCUT2D eigenvalue weighted by atomic mass is 16.1. The third kappa shape index (κ3) is 1.20. The summed E-state index contributed by atoms with van der Waals surface area (Å²) in [6.45, 7) is 4.06. The van der Waals surface area contributed by atoms with Crippen molar-refractivity contribution in [3.05, 3.63) is 12.2 Å². The molecule has 2 heteroatoms. The molecule has 0 aromatic rings. The van der Waals surface area contributed by atoms with Crippen LogP contribution in [-0.2, 0) is 4.79 Å². The van der Waals surface area contributed by atoms with Gasteiger partial charge in [0.2, 0.25) is 0 Å². The lowest BCUT2D eigenvalue weighted by Crippen LogP contribution is -2.47. The van der Waals surface area contributed by atoms with Crippen molar-refractivity contribution in [3.8, 4) is 0 Å². The Morgan fingerprint density at radius 3 is 3.08 bits per heavy atom. The first-order valence-electron chi connectivity index (χ1n) is 4.70. The van der Waals surface area contributed by atoms with E-state index in [0.29, 0.717) is 12.0 Å². The molecule has 3 unspecified atom stereocenters. The van der Waals surface area contributed by atoms with Gasteiger partial charge in [-0.25, -0.2) is 0 Å². The Morgan fingerprint density at radius 1 is 1.50 bits per heavy atom. The van der Waals surface area contributed by atoms with Gasteiger partial charge in [0, 0.05) is 12.0 Å². The quantitative estimate of drug-likeness (QED) is 0.468. The Bertz CT molecular complexity index is 212. The minimum atomic E-state index is 0.0544. The summed E-state index contributed by atoms with van der Waals surface area (Å²) in [5.74, 6) is 0.418. The smallest absolute Gasteiger partial charge is 0.137 e. The number of fused-ring (bicyclic) bond motifs is 4. The van der Waals surface area contributed by atoms with E-state index < -0.39 is 0 Å². The van der Waals surface area contributed by atoms with Crippen molar-refractivity contribution in [1.29, 1.82) is 0 Å². The molecular weight excluding hydrogens is 150 g/mol. The normalized spacial score (nSPS) is 41.0. The minimum Gasteiger partial charge on any atom is -0.304 e. The van der Waals surface area contributed by atoms with Crippen molar-refractivity contribution in [2.75, 3.05) is 0 Å². The molecule has 2 bridgehead atoms. The number of carbonyl (C=O) groups excluding carboxylic acids is 1. The van der Waals surface area contributed by atoms with Crippen LogP contribution in [0.4, 0.5) is 0 Å². The molecular formula is C10H15NO. The molecule has 2 nitrogen and oxygen atoms in total. The highest BCUT2D eigenvalue weighted by molar-refractivity contribution is 5.60. The van der Waals surface area contributed by atoms with Gasteiger partial charge >= 0.3 is 0 Å². The maximum absolute atomic E-state index is 10.7. The molecule has 3 aliphatic rings. The summed E-state index contributed by atoms with van der Waals surface area (Å²) in [4.78, 5) is 10.7. The Hall–Kier alpha value is -0.630. The largest absolute Gasteiger partial charge is 0.304 e. The number of hydrogen-bond acceptors (Lipinski definition) is 2. The Balaban J connectivity index is 2.22. The molecule has 2 aliphatic heterocycles. The van der Waals surface area contributed by atoms with Crippen molar-refractivity contribution < 1.29 is 4.79 Å². The maximum atomic E-state index is 10.7. The van der Waals surface area contributed by atoms with E-state index in [2.05, 4.69) is 11.9 Å². The van der Waals surface area contributed by atoms with Crippen molar-refractivity contribution in [2.24, 2.45) is 5.92 Å². The van der Waals surface area contributed by atoms with Gasteiger partial charge in [0.15, 0.2) is 0 Å². The Kier molecular flexibility index (Phi) is 2.01. The van der Waals surface area contributed by atoms with E-state index in [9.17, 15) is 4.79 Å². The number of rotatable bonds is 1. The highest BCUT2D eigenvalue weighted by Gasteiger charge is 2.34. The van der Waals surface area contributed by atoms with Crippen LogP contribution >= 0.6 is 0 Å². The van der Waals surface area contributed by atoms with Crippen molar-refractivity contribution in [1.82, 2.24) is 5.32 Å². The van der Waals surface area contributed by atoms with Crippen LogP contribution in [0.3, 0.4) is 0 Å². The van der Waals surface area contributed by atoms with E-state index in [1.165, 1.54) is 18.4 Å². The van der Waals surface area contributed by atoms with E-state index in [1.807, 2.05) is 0 Å². The van der Waals surface area contributed by atoms with Gasteiger partial charge in [-0.15, -0.1) is 0 Å². The van der Waals surface area contributed by atoms with Gasteiger partial charge in [-0.2, -0.15) is 0 Å². The number of carbonyl (C=O) groups is 1. The molecule has 0 aromatic carbocycles. The van der Waals surface area contributed by atoms with E-state index >= 15 is 0 Å². The predicted molar refractivity (Wildman–Crippen MR) is 47.9 cm³/mol. The van der Waals surface area contributed by atoms with Gasteiger partial charge in [-0.1, -0.05) is 18.6 Å². The van der Waals surface area contributed by atoms with Gasteiger partial charge in [-0.05, 0) is 19.3 Å².